The number of hydrogen-bond acceptors (Lipinski definition) is 4. The summed E-state index contributed by atoms with van der Waals surface area (Å²) in [6.45, 7) is 4.98. The summed E-state index contributed by atoms with van der Waals surface area (Å²) in [5.41, 5.74) is 0.623. The molecule has 0 spiro atoms. The van der Waals surface area contributed by atoms with Crippen molar-refractivity contribution in [2.45, 2.75) is 19.9 Å². The van der Waals surface area contributed by atoms with Crippen LogP contribution in [0.15, 0.2) is 54.6 Å². The Morgan fingerprint density at radius 3 is 2.50 bits per heavy atom. The van der Waals surface area contributed by atoms with E-state index >= 15 is 0 Å². The van der Waals surface area contributed by atoms with Crippen LogP contribution in [0.4, 0.5) is 5.69 Å². The predicted molar refractivity (Wildman–Crippen MR) is 95.4 cm³/mol. The molecule has 2 N–H and O–H groups in total. The zero-order valence-corrected chi connectivity index (χ0v) is 14.1. The Bertz CT molecular complexity index is 646. The van der Waals surface area contributed by atoms with Crippen molar-refractivity contribution >= 4 is 11.6 Å². The molecule has 0 aromatic heterocycles. The second kappa shape index (κ2) is 9.05. The normalized spacial score (nSPS) is 12.0. The topological polar surface area (TPSA) is 61.8 Å². The highest BCUT2D eigenvalue weighted by Crippen LogP contribution is 2.29. The van der Waals surface area contributed by atoms with Gasteiger partial charge in [-0.2, -0.15) is 0 Å². The number of benzene rings is 2. The molecule has 2 aromatic rings. The quantitative estimate of drug-likeness (QED) is 0.781. The molecule has 0 saturated heterocycles. The number of aliphatic hydroxyl groups is 1. The summed E-state index contributed by atoms with van der Waals surface area (Å²) in [4.78, 5) is 14.4. The van der Waals surface area contributed by atoms with E-state index in [2.05, 4.69) is 5.32 Å². The second-order valence-corrected chi connectivity index (χ2v) is 5.43. The van der Waals surface area contributed by atoms with Crippen molar-refractivity contribution in [1.29, 1.82) is 0 Å². The SMILES string of the molecule is CCN(CCO)C(C)C(=O)Nc1ccccc1Oc1ccccc1. The van der Waals surface area contributed by atoms with E-state index in [9.17, 15) is 4.79 Å². The fraction of sp³-hybridized carbons (Fsp3) is 0.316. The van der Waals surface area contributed by atoms with Gasteiger partial charge in [0.15, 0.2) is 5.75 Å². The minimum Gasteiger partial charge on any atom is -0.455 e. The summed E-state index contributed by atoms with van der Waals surface area (Å²) in [6, 6.07) is 16.4. The minimum absolute atomic E-state index is 0.0269. The maximum Gasteiger partial charge on any atom is 0.241 e. The molecule has 128 valence electrons. The van der Waals surface area contributed by atoms with Crippen LogP contribution in [0, 0.1) is 0 Å². The number of nitrogens with one attached hydrogen (secondary N) is 1. The van der Waals surface area contributed by atoms with E-state index in [0.29, 0.717) is 30.3 Å². The zero-order valence-electron chi connectivity index (χ0n) is 14.1. The number of likely N-dealkylation sites (N-methyl/N-ethyl adjacent to an activating group) is 1. The Balaban J connectivity index is 2.10. The van der Waals surface area contributed by atoms with E-state index in [1.807, 2.05) is 73.3 Å². The van der Waals surface area contributed by atoms with Gasteiger partial charge >= 0.3 is 0 Å². The highest BCUT2D eigenvalue weighted by Gasteiger charge is 2.20. The molecule has 0 aliphatic heterocycles. The summed E-state index contributed by atoms with van der Waals surface area (Å²) < 4.78 is 5.86. The van der Waals surface area contributed by atoms with Gasteiger partial charge in [-0.05, 0) is 37.7 Å². The summed E-state index contributed by atoms with van der Waals surface area (Å²) >= 11 is 0. The third-order valence-electron chi connectivity index (χ3n) is 3.84. The average molecular weight is 328 g/mol. The average Bonchev–Trinajstić information content (AvgIpc) is 2.61. The Morgan fingerprint density at radius 1 is 1.17 bits per heavy atom. The Kier molecular flexibility index (Phi) is 6.78. The summed E-state index contributed by atoms with van der Waals surface area (Å²) in [5, 5.41) is 12.0. The van der Waals surface area contributed by atoms with Gasteiger partial charge in [0.25, 0.3) is 0 Å². The standard InChI is InChI=1S/C19H24N2O3/c1-3-21(13-14-22)15(2)19(23)20-17-11-7-8-12-18(17)24-16-9-5-4-6-10-16/h4-12,15,22H,3,13-14H2,1-2H3,(H,20,23). The van der Waals surface area contributed by atoms with Gasteiger partial charge in [-0.1, -0.05) is 37.3 Å². The number of carbonyl (C=O) groups is 1. The van der Waals surface area contributed by atoms with Crippen LogP contribution in [0.25, 0.3) is 0 Å². The van der Waals surface area contributed by atoms with Gasteiger partial charge in [-0.15, -0.1) is 0 Å². The molecule has 0 saturated carbocycles. The number of aliphatic hydroxyl groups excluding tert-OH is 1. The van der Waals surface area contributed by atoms with Crippen molar-refractivity contribution in [3.63, 3.8) is 0 Å². The molecule has 0 radical (unpaired) electrons. The molecule has 5 nitrogen and oxygen atoms in total. The van der Waals surface area contributed by atoms with Crippen molar-refractivity contribution in [2.24, 2.45) is 0 Å². The molecule has 1 unspecified atom stereocenters. The largest absolute Gasteiger partial charge is 0.455 e. The lowest BCUT2D eigenvalue weighted by molar-refractivity contribution is -0.120. The van der Waals surface area contributed by atoms with E-state index in [0.717, 1.165) is 0 Å². The fourth-order valence-electron chi connectivity index (χ4n) is 2.43. The number of anilines is 1. The third kappa shape index (κ3) is 4.81. The molecule has 0 aliphatic rings. The van der Waals surface area contributed by atoms with Crippen molar-refractivity contribution in [2.75, 3.05) is 25.0 Å². The van der Waals surface area contributed by atoms with Gasteiger partial charge in [0.2, 0.25) is 5.91 Å². The smallest absolute Gasteiger partial charge is 0.241 e. The monoisotopic (exact) mass is 328 g/mol. The van der Waals surface area contributed by atoms with Crippen LogP contribution >= 0.6 is 0 Å². The van der Waals surface area contributed by atoms with Crippen molar-refractivity contribution < 1.29 is 14.6 Å². The van der Waals surface area contributed by atoms with Gasteiger partial charge in [0.1, 0.15) is 5.75 Å². The number of nitrogens with zero attached hydrogens (tertiary/aromatic N) is 1. The lowest BCUT2D eigenvalue weighted by atomic mass is 10.2. The van der Waals surface area contributed by atoms with Crippen molar-refractivity contribution in [1.82, 2.24) is 4.90 Å². The van der Waals surface area contributed by atoms with Gasteiger partial charge < -0.3 is 15.2 Å². The molecule has 0 bridgehead atoms. The van der Waals surface area contributed by atoms with E-state index in [4.69, 9.17) is 9.84 Å². The highest BCUT2D eigenvalue weighted by molar-refractivity contribution is 5.95. The molecule has 2 aromatic carbocycles. The van der Waals surface area contributed by atoms with Crippen LogP contribution in [0.1, 0.15) is 13.8 Å². The Hall–Kier alpha value is -2.37. The lowest BCUT2D eigenvalue weighted by Gasteiger charge is -2.26. The van der Waals surface area contributed by atoms with Crippen LogP contribution in [-0.2, 0) is 4.79 Å². The third-order valence-corrected chi connectivity index (χ3v) is 3.84. The molecule has 1 atom stereocenters. The number of para-hydroxylation sites is 3. The molecule has 24 heavy (non-hydrogen) atoms. The number of amides is 1. The van der Waals surface area contributed by atoms with Crippen LogP contribution < -0.4 is 10.1 Å². The molecule has 0 fully saturated rings. The molecular formula is C19H24N2O3. The number of rotatable bonds is 8. The van der Waals surface area contributed by atoms with Gasteiger partial charge in [-0.3, -0.25) is 9.69 Å². The van der Waals surface area contributed by atoms with Gasteiger partial charge in [0.05, 0.1) is 18.3 Å². The molecule has 0 heterocycles. The van der Waals surface area contributed by atoms with Crippen molar-refractivity contribution in [3.8, 4) is 11.5 Å². The highest BCUT2D eigenvalue weighted by atomic mass is 16.5. The summed E-state index contributed by atoms with van der Waals surface area (Å²) in [6.07, 6.45) is 0. The first kappa shape index (κ1) is 18.0. The van der Waals surface area contributed by atoms with Crippen LogP contribution in [0.2, 0.25) is 0 Å². The maximum absolute atomic E-state index is 12.5. The number of hydrogen-bond donors (Lipinski definition) is 2. The van der Waals surface area contributed by atoms with Gasteiger partial charge in [-0.25, -0.2) is 0 Å². The summed E-state index contributed by atoms with van der Waals surface area (Å²) in [7, 11) is 0. The predicted octanol–water partition coefficient (Wildman–Crippen LogP) is 3.12. The van der Waals surface area contributed by atoms with E-state index < -0.39 is 0 Å². The van der Waals surface area contributed by atoms with E-state index in [-0.39, 0.29) is 18.6 Å². The maximum atomic E-state index is 12.5. The lowest BCUT2D eigenvalue weighted by Crippen LogP contribution is -2.43. The minimum atomic E-state index is -0.341. The molecule has 1 amide bonds. The fourth-order valence-corrected chi connectivity index (χ4v) is 2.43. The first-order valence-corrected chi connectivity index (χ1v) is 8.13. The first-order valence-electron chi connectivity index (χ1n) is 8.13. The Labute approximate surface area is 142 Å². The molecule has 5 heteroatoms. The Morgan fingerprint density at radius 2 is 1.83 bits per heavy atom. The van der Waals surface area contributed by atoms with Crippen LogP contribution in [0.3, 0.4) is 0 Å². The second-order valence-electron chi connectivity index (χ2n) is 5.43. The van der Waals surface area contributed by atoms with Crippen molar-refractivity contribution in [3.05, 3.63) is 54.6 Å². The molecule has 0 aliphatic carbocycles. The van der Waals surface area contributed by atoms with Gasteiger partial charge in [0, 0.05) is 6.54 Å². The zero-order chi connectivity index (χ0) is 17.4. The van der Waals surface area contributed by atoms with E-state index in [1.54, 1.807) is 0 Å². The van der Waals surface area contributed by atoms with Crippen LogP contribution in [-0.4, -0.2) is 41.7 Å². The first-order chi connectivity index (χ1) is 11.7. The van der Waals surface area contributed by atoms with Crippen LogP contribution in [0.5, 0.6) is 11.5 Å². The molecule has 2 rings (SSSR count). The molecular weight excluding hydrogens is 304 g/mol. The van der Waals surface area contributed by atoms with E-state index in [1.165, 1.54) is 0 Å². The summed E-state index contributed by atoms with van der Waals surface area (Å²) in [5.74, 6) is 1.17. The number of ether oxygens (including phenoxy) is 1. The number of carbonyl (C=O) groups excluding carboxylic acids is 1.